The molecular formula is C19H26ClN5O. The summed E-state index contributed by atoms with van der Waals surface area (Å²) in [6, 6.07) is 3.86. The molecule has 3 N–H and O–H groups in total. The Kier molecular flexibility index (Phi) is 6.63. The molecule has 1 aliphatic rings. The fraction of sp³-hybridized carbons (Fsp3) is 0.526. The number of halogens is 1. The van der Waals surface area contributed by atoms with Crippen molar-refractivity contribution >= 4 is 23.4 Å². The number of aliphatic hydroxyl groups excluding tert-OH is 1. The Morgan fingerprint density at radius 2 is 2.04 bits per heavy atom. The van der Waals surface area contributed by atoms with E-state index in [9.17, 15) is 5.11 Å². The first-order valence-corrected chi connectivity index (χ1v) is 9.71. The Morgan fingerprint density at radius 1 is 1.23 bits per heavy atom. The lowest BCUT2D eigenvalue weighted by atomic mass is 9.93. The summed E-state index contributed by atoms with van der Waals surface area (Å²) >= 11 is 6.13. The monoisotopic (exact) mass is 375 g/mol. The molecule has 0 unspecified atom stereocenters. The van der Waals surface area contributed by atoms with Crippen molar-refractivity contribution < 1.29 is 5.11 Å². The van der Waals surface area contributed by atoms with E-state index in [1.807, 2.05) is 6.07 Å². The third-order valence-electron chi connectivity index (χ3n) is 4.64. The Balaban J connectivity index is 1.84. The summed E-state index contributed by atoms with van der Waals surface area (Å²) in [5.74, 6) is 1.37. The number of hydrogen-bond donors (Lipinski definition) is 3. The summed E-state index contributed by atoms with van der Waals surface area (Å²) in [6.07, 6.45) is 8.96. The van der Waals surface area contributed by atoms with Gasteiger partial charge in [0.15, 0.2) is 0 Å². The van der Waals surface area contributed by atoms with E-state index in [4.69, 9.17) is 11.6 Å². The Hall–Kier alpha value is -1.92. The van der Waals surface area contributed by atoms with E-state index < -0.39 is 0 Å². The van der Waals surface area contributed by atoms with Gasteiger partial charge >= 0.3 is 0 Å². The van der Waals surface area contributed by atoms with Gasteiger partial charge in [0.1, 0.15) is 5.82 Å². The highest BCUT2D eigenvalue weighted by Gasteiger charge is 2.21. The average Bonchev–Trinajstić information content (AvgIpc) is 2.64. The summed E-state index contributed by atoms with van der Waals surface area (Å²) in [7, 11) is 0. The molecule has 0 radical (unpaired) electrons. The number of nitrogens with zero attached hydrogens (tertiary/aromatic N) is 3. The van der Waals surface area contributed by atoms with Gasteiger partial charge < -0.3 is 15.7 Å². The molecule has 140 valence electrons. The molecule has 0 bridgehead atoms. The van der Waals surface area contributed by atoms with Crippen LogP contribution in [0.25, 0.3) is 11.3 Å². The maximum atomic E-state index is 9.73. The van der Waals surface area contributed by atoms with Crippen molar-refractivity contribution in [2.75, 3.05) is 17.2 Å². The maximum absolute atomic E-state index is 9.73. The van der Waals surface area contributed by atoms with Gasteiger partial charge in [0.05, 0.1) is 17.4 Å². The molecule has 0 aliphatic heterocycles. The fourth-order valence-electron chi connectivity index (χ4n) is 3.11. The topological polar surface area (TPSA) is 83.0 Å². The molecule has 1 aliphatic carbocycles. The zero-order valence-electron chi connectivity index (χ0n) is 15.1. The first kappa shape index (κ1) is 18.9. The van der Waals surface area contributed by atoms with Crippen LogP contribution in [-0.2, 0) is 0 Å². The zero-order valence-corrected chi connectivity index (χ0v) is 15.8. The third-order valence-corrected chi connectivity index (χ3v) is 4.87. The average molecular weight is 376 g/mol. The highest BCUT2D eigenvalue weighted by Crippen LogP contribution is 2.29. The second kappa shape index (κ2) is 9.14. The second-order valence-corrected chi connectivity index (χ2v) is 7.18. The summed E-state index contributed by atoms with van der Waals surface area (Å²) in [4.78, 5) is 13.5. The number of anilines is 2. The van der Waals surface area contributed by atoms with Crippen molar-refractivity contribution in [1.82, 2.24) is 15.0 Å². The fourth-order valence-corrected chi connectivity index (χ4v) is 3.27. The molecule has 0 spiro atoms. The Labute approximate surface area is 159 Å². The van der Waals surface area contributed by atoms with Crippen LogP contribution < -0.4 is 10.6 Å². The number of aliphatic hydroxyl groups is 1. The number of aromatic nitrogens is 3. The van der Waals surface area contributed by atoms with E-state index in [2.05, 4.69) is 32.5 Å². The molecule has 0 amide bonds. The summed E-state index contributed by atoms with van der Waals surface area (Å²) in [5, 5.41) is 17.2. The molecule has 2 heterocycles. The summed E-state index contributed by atoms with van der Waals surface area (Å²) in [6.45, 7) is 3.00. The minimum absolute atomic E-state index is 0.182. The van der Waals surface area contributed by atoms with Gasteiger partial charge in [0.25, 0.3) is 0 Å². The first-order valence-electron chi connectivity index (χ1n) is 9.33. The van der Waals surface area contributed by atoms with Gasteiger partial charge in [-0.05, 0) is 44.2 Å². The van der Waals surface area contributed by atoms with Crippen LogP contribution in [0.3, 0.4) is 0 Å². The molecule has 0 aromatic carbocycles. The first-order chi connectivity index (χ1) is 12.7. The highest BCUT2D eigenvalue weighted by molar-refractivity contribution is 6.30. The van der Waals surface area contributed by atoms with E-state index in [0.717, 1.165) is 62.1 Å². The van der Waals surface area contributed by atoms with E-state index in [1.54, 1.807) is 18.5 Å². The van der Waals surface area contributed by atoms with Gasteiger partial charge in [-0.1, -0.05) is 24.9 Å². The number of nitrogens with one attached hydrogen (secondary N) is 2. The zero-order chi connectivity index (χ0) is 18.4. The molecule has 0 saturated heterocycles. The number of pyridine rings is 1. The molecule has 1 saturated carbocycles. The van der Waals surface area contributed by atoms with Crippen molar-refractivity contribution in [2.24, 2.45) is 0 Å². The van der Waals surface area contributed by atoms with Crippen LogP contribution in [0.1, 0.15) is 45.4 Å². The lowest BCUT2D eigenvalue weighted by Crippen LogP contribution is -2.29. The van der Waals surface area contributed by atoms with Crippen molar-refractivity contribution in [3.05, 3.63) is 29.5 Å². The van der Waals surface area contributed by atoms with Gasteiger partial charge in [0.2, 0.25) is 5.95 Å². The molecule has 1 fully saturated rings. The van der Waals surface area contributed by atoms with Crippen LogP contribution in [0.15, 0.2) is 24.5 Å². The predicted molar refractivity (Wildman–Crippen MR) is 106 cm³/mol. The van der Waals surface area contributed by atoms with E-state index >= 15 is 0 Å². The van der Waals surface area contributed by atoms with E-state index in [-0.39, 0.29) is 12.1 Å². The second-order valence-electron chi connectivity index (χ2n) is 6.75. The molecule has 3 rings (SSSR count). The smallest absolute Gasteiger partial charge is 0.224 e. The summed E-state index contributed by atoms with van der Waals surface area (Å²) < 4.78 is 0. The van der Waals surface area contributed by atoms with Crippen LogP contribution in [0, 0.1) is 0 Å². The molecule has 7 heteroatoms. The number of rotatable bonds is 7. The predicted octanol–water partition coefficient (Wildman–Crippen LogP) is 4.12. The van der Waals surface area contributed by atoms with Gasteiger partial charge in [-0.3, -0.25) is 4.98 Å². The van der Waals surface area contributed by atoms with Crippen LogP contribution in [-0.4, -0.2) is 38.7 Å². The van der Waals surface area contributed by atoms with Crippen molar-refractivity contribution in [2.45, 2.75) is 57.6 Å². The quantitative estimate of drug-likeness (QED) is 0.631. The van der Waals surface area contributed by atoms with E-state index in [1.165, 1.54) is 0 Å². The molecule has 2 aromatic heterocycles. The van der Waals surface area contributed by atoms with Gasteiger partial charge in [0, 0.05) is 30.0 Å². The van der Waals surface area contributed by atoms with Crippen molar-refractivity contribution in [1.29, 1.82) is 0 Å². The molecule has 26 heavy (non-hydrogen) atoms. The lowest BCUT2D eigenvalue weighted by Gasteiger charge is -2.27. The van der Waals surface area contributed by atoms with Crippen LogP contribution in [0.5, 0.6) is 0 Å². The van der Waals surface area contributed by atoms with Crippen molar-refractivity contribution in [3.63, 3.8) is 0 Å². The molecular weight excluding hydrogens is 350 g/mol. The SMILES string of the molecule is CCCCNc1ncc(-c2cc(Cl)ccn2)c(NC2CCC(O)CC2)n1. The standard InChI is InChI=1S/C19H26ClN5O/c1-2-3-9-22-19-23-12-16(17-11-13(20)8-10-21-17)18(25-19)24-14-4-6-15(26)7-5-14/h8,10-12,14-15,26H,2-7,9H2,1H3,(H2,22,23,24,25). The van der Waals surface area contributed by atoms with Crippen LogP contribution >= 0.6 is 11.6 Å². The molecule has 6 nitrogen and oxygen atoms in total. The minimum Gasteiger partial charge on any atom is -0.393 e. The largest absolute Gasteiger partial charge is 0.393 e. The van der Waals surface area contributed by atoms with Crippen LogP contribution in [0.2, 0.25) is 5.02 Å². The third kappa shape index (κ3) is 5.05. The van der Waals surface area contributed by atoms with Gasteiger partial charge in [-0.25, -0.2) is 4.98 Å². The number of hydrogen-bond acceptors (Lipinski definition) is 6. The van der Waals surface area contributed by atoms with Gasteiger partial charge in [-0.15, -0.1) is 0 Å². The Morgan fingerprint density at radius 3 is 2.77 bits per heavy atom. The minimum atomic E-state index is -0.182. The molecule has 0 atom stereocenters. The van der Waals surface area contributed by atoms with Crippen LogP contribution in [0.4, 0.5) is 11.8 Å². The van der Waals surface area contributed by atoms with E-state index in [0.29, 0.717) is 11.0 Å². The Bertz CT molecular complexity index is 719. The number of unbranched alkanes of at least 4 members (excludes halogenated alkanes) is 1. The maximum Gasteiger partial charge on any atom is 0.224 e. The normalized spacial score (nSPS) is 20.0. The van der Waals surface area contributed by atoms with Crippen molar-refractivity contribution in [3.8, 4) is 11.3 Å². The van der Waals surface area contributed by atoms with Gasteiger partial charge in [-0.2, -0.15) is 4.98 Å². The highest BCUT2D eigenvalue weighted by atomic mass is 35.5. The lowest BCUT2D eigenvalue weighted by molar-refractivity contribution is 0.126. The summed E-state index contributed by atoms with van der Waals surface area (Å²) in [5.41, 5.74) is 1.58. The molecule has 2 aromatic rings.